The molecule has 0 aliphatic heterocycles. The van der Waals surface area contributed by atoms with Gasteiger partial charge in [-0.2, -0.15) is 0 Å². The number of hydrogen-bond donors (Lipinski definition) is 1. The number of aromatic nitrogens is 1. The highest BCUT2D eigenvalue weighted by molar-refractivity contribution is 9.10. The van der Waals surface area contributed by atoms with Crippen molar-refractivity contribution < 1.29 is 0 Å². The third kappa shape index (κ3) is 1.66. The molecule has 0 saturated heterocycles. The number of nitrogens with two attached hydrogens (primary N) is 1. The number of nitrogen functional groups attached to an aromatic ring is 1. The molecule has 2 nitrogen and oxygen atoms in total. The van der Waals surface area contributed by atoms with Crippen LogP contribution in [0.3, 0.4) is 0 Å². The highest BCUT2D eigenvalue weighted by Gasteiger charge is 2.27. The van der Waals surface area contributed by atoms with Gasteiger partial charge in [-0.3, -0.25) is 0 Å². The second-order valence-electron chi connectivity index (χ2n) is 4.01. The molecular weight excluding hydrogens is 284 g/mol. The van der Waals surface area contributed by atoms with Gasteiger partial charge in [0.15, 0.2) is 5.13 Å². The van der Waals surface area contributed by atoms with Crippen LogP contribution in [0.5, 0.6) is 0 Å². The first-order chi connectivity index (χ1) is 7.74. The summed E-state index contributed by atoms with van der Waals surface area (Å²) in [6.45, 7) is 0. The van der Waals surface area contributed by atoms with Crippen LogP contribution in [0.25, 0.3) is 0 Å². The molecule has 0 amide bonds. The van der Waals surface area contributed by atoms with Gasteiger partial charge < -0.3 is 5.73 Å². The van der Waals surface area contributed by atoms with Crippen molar-refractivity contribution >= 4 is 32.4 Å². The van der Waals surface area contributed by atoms with Gasteiger partial charge >= 0.3 is 0 Å². The van der Waals surface area contributed by atoms with Gasteiger partial charge in [0, 0.05) is 15.3 Å². The second-order valence-corrected chi connectivity index (χ2v) is 5.98. The molecule has 0 saturated carbocycles. The Labute approximate surface area is 107 Å². The first kappa shape index (κ1) is 10.3. The van der Waals surface area contributed by atoms with Gasteiger partial charge in [-0.25, -0.2) is 4.98 Å². The van der Waals surface area contributed by atoms with Gasteiger partial charge in [-0.05, 0) is 30.5 Å². The number of rotatable bonds is 1. The third-order valence-electron chi connectivity index (χ3n) is 3.00. The zero-order valence-electron chi connectivity index (χ0n) is 8.61. The van der Waals surface area contributed by atoms with Gasteiger partial charge in [0.05, 0.1) is 5.69 Å². The maximum absolute atomic E-state index is 5.75. The highest BCUT2D eigenvalue weighted by Crippen LogP contribution is 2.42. The van der Waals surface area contributed by atoms with E-state index in [1.165, 1.54) is 16.1 Å². The summed E-state index contributed by atoms with van der Waals surface area (Å²) in [5.74, 6) is 0.498. The van der Waals surface area contributed by atoms with Crippen molar-refractivity contribution in [3.63, 3.8) is 0 Å². The molecular formula is C12H11BrN2S. The highest BCUT2D eigenvalue weighted by atomic mass is 79.9. The minimum Gasteiger partial charge on any atom is -0.375 e. The molecule has 1 aromatic heterocycles. The Bertz CT molecular complexity index is 518. The summed E-state index contributed by atoms with van der Waals surface area (Å²) in [4.78, 5) is 5.73. The van der Waals surface area contributed by atoms with E-state index in [2.05, 4.69) is 45.2 Å². The summed E-state index contributed by atoms with van der Waals surface area (Å²) in [5.41, 5.74) is 8.32. The molecule has 16 heavy (non-hydrogen) atoms. The zero-order chi connectivity index (χ0) is 11.1. The predicted octanol–water partition coefficient (Wildman–Crippen LogP) is 3.57. The quantitative estimate of drug-likeness (QED) is 0.873. The topological polar surface area (TPSA) is 38.9 Å². The Kier molecular flexibility index (Phi) is 2.48. The Morgan fingerprint density at radius 3 is 2.81 bits per heavy atom. The van der Waals surface area contributed by atoms with Crippen LogP contribution in [0.2, 0.25) is 0 Å². The lowest BCUT2D eigenvalue weighted by molar-refractivity contribution is 0.790. The van der Waals surface area contributed by atoms with Crippen molar-refractivity contribution in [3.8, 4) is 0 Å². The molecule has 3 rings (SSSR count). The van der Waals surface area contributed by atoms with Crippen molar-refractivity contribution in [2.75, 3.05) is 5.73 Å². The van der Waals surface area contributed by atoms with E-state index in [4.69, 9.17) is 5.73 Å². The van der Waals surface area contributed by atoms with Crippen LogP contribution in [-0.4, -0.2) is 4.98 Å². The lowest BCUT2D eigenvalue weighted by Gasteiger charge is -2.09. The summed E-state index contributed by atoms with van der Waals surface area (Å²) in [7, 11) is 0. The van der Waals surface area contributed by atoms with Gasteiger partial charge in [0.25, 0.3) is 0 Å². The SMILES string of the molecule is Nc1nc2c(s1)C(c1ccc(Br)cc1)CC2. The van der Waals surface area contributed by atoms with Crippen LogP contribution in [0.15, 0.2) is 28.7 Å². The summed E-state index contributed by atoms with van der Waals surface area (Å²) in [6.07, 6.45) is 2.22. The minimum atomic E-state index is 0.498. The van der Waals surface area contributed by atoms with Crippen molar-refractivity contribution in [2.45, 2.75) is 18.8 Å². The standard InChI is InChI=1S/C12H11BrN2S/c13-8-3-1-7(2-4-8)9-5-6-10-11(9)16-12(14)15-10/h1-4,9H,5-6H2,(H2,14,15). The number of fused-ring (bicyclic) bond motifs is 1. The van der Waals surface area contributed by atoms with Crippen molar-refractivity contribution in [1.29, 1.82) is 0 Å². The number of nitrogens with zero attached hydrogens (tertiary/aromatic N) is 1. The third-order valence-corrected chi connectivity index (χ3v) is 4.57. The number of anilines is 1. The van der Waals surface area contributed by atoms with Gasteiger partial charge in [-0.15, -0.1) is 11.3 Å². The number of benzene rings is 1. The maximum Gasteiger partial charge on any atom is 0.180 e. The van der Waals surface area contributed by atoms with Crippen LogP contribution in [0, 0.1) is 0 Å². The van der Waals surface area contributed by atoms with E-state index in [0.717, 1.165) is 17.3 Å². The fraction of sp³-hybridized carbons (Fsp3) is 0.250. The van der Waals surface area contributed by atoms with Crippen LogP contribution in [-0.2, 0) is 6.42 Å². The van der Waals surface area contributed by atoms with E-state index in [9.17, 15) is 0 Å². The van der Waals surface area contributed by atoms with E-state index < -0.39 is 0 Å². The molecule has 1 aromatic carbocycles. The number of halogens is 1. The van der Waals surface area contributed by atoms with Crippen LogP contribution >= 0.6 is 27.3 Å². The van der Waals surface area contributed by atoms with Crippen LogP contribution < -0.4 is 5.73 Å². The van der Waals surface area contributed by atoms with Crippen LogP contribution in [0.4, 0.5) is 5.13 Å². The molecule has 4 heteroatoms. The average Bonchev–Trinajstić information content (AvgIpc) is 2.78. The Balaban J connectivity index is 2.00. The maximum atomic E-state index is 5.75. The predicted molar refractivity (Wildman–Crippen MR) is 70.8 cm³/mol. The molecule has 0 fully saturated rings. The Morgan fingerprint density at radius 2 is 2.06 bits per heavy atom. The minimum absolute atomic E-state index is 0.498. The molecule has 82 valence electrons. The summed E-state index contributed by atoms with van der Waals surface area (Å²) in [5, 5.41) is 0.701. The fourth-order valence-electron chi connectivity index (χ4n) is 2.26. The molecule has 0 bridgehead atoms. The smallest absolute Gasteiger partial charge is 0.180 e. The second kappa shape index (κ2) is 3.86. The lowest BCUT2D eigenvalue weighted by atomic mass is 9.99. The summed E-state index contributed by atoms with van der Waals surface area (Å²) < 4.78 is 1.12. The monoisotopic (exact) mass is 294 g/mol. The Morgan fingerprint density at radius 1 is 1.31 bits per heavy atom. The molecule has 0 spiro atoms. The lowest BCUT2D eigenvalue weighted by Crippen LogP contribution is -1.93. The molecule has 2 N–H and O–H groups in total. The Hall–Kier alpha value is -0.870. The van der Waals surface area contributed by atoms with Gasteiger partial charge in [0.2, 0.25) is 0 Å². The largest absolute Gasteiger partial charge is 0.375 e. The van der Waals surface area contributed by atoms with Crippen molar-refractivity contribution in [1.82, 2.24) is 4.98 Å². The average molecular weight is 295 g/mol. The molecule has 1 aliphatic rings. The van der Waals surface area contributed by atoms with E-state index in [1.54, 1.807) is 11.3 Å². The molecule has 0 radical (unpaired) electrons. The van der Waals surface area contributed by atoms with Crippen molar-refractivity contribution in [3.05, 3.63) is 44.9 Å². The van der Waals surface area contributed by atoms with E-state index >= 15 is 0 Å². The van der Waals surface area contributed by atoms with Gasteiger partial charge in [0.1, 0.15) is 0 Å². The van der Waals surface area contributed by atoms with Crippen molar-refractivity contribution in [2.24, 2.45) is 0 Å². The molecule has 1 unspecified atom stereocenters. The van der Waals surface area contributed by atoms with E-state index in [1.807, 2.05) is 0 Å². The normalized spacial score (nSPS) is 18.7. The molecule has 1 atom stereocenters. The first-order valence-electron chi connectivity index (χ1n) is 5.24. The molecule has 1 aliphatic carbocycles. The van der Waals surface area contributed by atoms with E-state index in [0.29, 0.717) is 11.0 Å². The first-order valence-corrected chi connectivity index (χ1v) is 6.85. The number of aryl methyl sites for hydroxylation is 1. The van der Waals surface area contributed by atoms with E-state index in [-0.39, 0.29) is 0 Å². The van der Waals surface area contributed by atoms with Gasteiger partial charge in [-0.1, -0.05) is 28.1 Å². The molecule has 1 heterocycles. The fourth-order valence-corrected chi connectivity index (χ4v) is 3.57. The number of thiazole rings is 1. The van der Waals surface area contributed by atoms with Crippen LogP contribution in [0.1, 0.15) is 28.5 Å². The zero-order valence-corrected chi connectivity index (χ0v) is 11.0. The summed E-state index contributed by atoms with van der Waals surface area (Å²) in [6, 6.07) is 8.55. The molecule has 2 aromatic rings. The summed E-state index contributed by atoms with van der Waals surface area (Å²) >= 11 is 5.10. The number of hydrogen-bond acceptors (Lipinski definition) is 3.